The molecule has 0 spiro atoms. The van der Waals surface area contributed by atoms with Gasteiger partial charge in [-0.3, -0.25) is 9.20 Å². The Labute approximate surface area is 268 Å². The molecule has 1 amide bonds. The van der Waals surface area contributed by atoms with Crippen LogP contribution in [0.3, 0.4) is 0 Å². The summed E-state index contributed by atoms with van der Waals surface area (Å²) in [5.41, 5.74) is 1.45. The third kappa shape index (κ3) is 8.25. The van der Waals surface area contributed by atoms with Crippen LogP contribution in [0.2, 0.25) is 5.02 Å². The lowest BCUT2D eigenvalue weighted by atomic mass is 10.1. The topological polar surface area (TPSA) is 154 Å². The van der Waals surface area contributed by atoms with Gasteiger partial charge in [-0.2, -0.15) is 9.65 Å². The van der Waals surface area contributed by atoms with Crippen molar-refractivity contribution < 1.29 is 37.4 Å². The number of likely N-dealkylation sites (N-methyl/N-ethyl adjacent to an activating group) is 1. The second-order valence-corrected chi connectivity index (χ2v) is 11.0. The fraction of sp³-hybridized carbons (Fsp3) is 0.323. The molecular weight excluding hydrogens is 624 g/mol. The molecule has 0 saturated carbocycles. The van der Waals surface area contributed by atoms with E-state index in [1.54, 1.807) is 34.9 Å². The largest absolute Gasteiger partial charge is 0.554 e. The SMILES string of the molecule is C[N+]1(CCOCCNC(=O)c2ccc(Nc3nccn4c(-c5ccc(OCC#N)c(F)c5F)cnc34)cc2Cl)CCCC1.O=C[O-]. The number of hydrogen-bond donors (Lipinski definition) is 2. The highest BCUT2D eigenvalue weighted by Gasteiger charge is 2.26. The number of carbonyl (C=O) groups excluding carboxylic acids is 2. The number of anilines is 2. The lowest BCUT2D eigenvalue weighted by molar-refractivity contribution is -0.898. The highest BCUT2D eigenvalue weighted by molar-refractivity contribution is 6.34. The Morgan fingerprint density at radius 2 is 1.96 bits per heavy atom. The van der Waals surface area contributed by atoms with Gasteiger partial charge < -0.3 is 34.5 Å². The maximum atomic E-state index is 14.9. The summed E-state index contributed by atoms with van der Waals surface area (Å²) in [7, 11) is 2.25. The Hall–Kier alpha value is -4.84. The zero-order chi connectivity index (χ0) is 33.1. The van der Waals surface area contributed by atoms with Crippen molar-refractivity contribution in [1.29, 1.82) is 5.26 Å². The molecule has 3 heterocycles. The van der Waals surface area contributed by atoms with Gasteiger partial charge in [-0.15, -0.1) is 0 Å². The number of imidazole rings is 1. The minimum atomic E-state index is -1.20. The van der Waals surface area contributed by atoms with Gasteiger partial charge in [-0.1, -0.05) is 11.6 Å². The minimum Gasteiger partial charge on any atom is -0.554 e. The van der Waals surface area contributed by atoms with Crippen LogP contribution >= 0.6 is 11.6 Å². The molecule has 0 aliphatic carbocycles. The van der Waals surface area contributed by atoms with Crippen molar-refractivity contribution in [2.24, 2.45) is 0 Å². The van der Waals surface area contributed by atoms with Crippen LogP contribution in [-0.2, 0) is 9.53 Å². The summed E-state index contributed by atoms with van der Waals surface area (Å²) in [4.78, 5) is 29.6. The summed E-state index contributed by atoms with van der Waals surface area (Å²) in [6.07, 6.45) is 6.98. The van der Waals surface area contributed by atoms with E-state index in [2.05, 4.69) is 27.6 Å². The van der Waals surface area contributed by atoms with Crippen molar-refractivity contribution >= 4 is 41.1 Å². The molecule has 2 N–H and O–H groups in total. The summed E-state index contributed by atoms with van der Waals surface area (Å²) in [5, 5.41) is 23.1. The molecule has 242 valence electrons. The van der Waals surface area contributed by atoms with E-state index in [4.69, 9.17) is 36.2 Å². The Morgan fingerprint density at radius 1 is 1.20 bits per heavy atom. The Morgan fingerprint density at radius 3 is 2.67 bits per heavy atom. The van der Waals surface area contributed by atoms with Gasteiger partial charge >= 0.3 is 0 Å². The molecule has 0 atom stereocenters. The van der Waals surface area contributed by atoms with Gasteiger partial charge in [0.15, 0.2) is 29.6 Å². The molecule has 2 aromatic heterocycles. The van der Waals surface area contributed by atoms with E-state index in [0.717, 1.165) is 11.0 Å². The molecule has 5 rings (SSSR count). The summed E-state index contributed by atoms with van der Waals surface area (Å²) < 4.78 is 42.7. The maximum Gasteiger partial charge on any atom is 0.252 e. The molecule has 0 radical (unpaired) electrons. The standard InChI is InChI=1S/C30H30ClF2N7O3.CH2O2/c1-40(12-2-3-13-40)14-17-42-16-10-36-30(41)21-5-4-20(18-23(21)31)38-28-29-37-19-24(39(29)11-9-35-28)22-6-7-25(43-15-8-34)27(33)26(22)32;2-1-3/h4-7,9,11,18-19H,2-3,10,12-17H2,1H3,(H-,35,36,38,41);1H,(H,2,3). The van der Waals surface area contributed by atoms with Gasteiger partial charge in [0.1, 0.15) is 12.6 Å². The third-order valence-electron chi connectivity index (χ3n) is 7.47. The average molecular weight is 656 g/mol. The van der Waals surface area contributed by atoms with Gasteiger partial charge in [0.25, 0.3) is 5.91 Å². The van der Waals surface area contributed by atoms with Crippen LogP contribution in [0.1, 0.15) is 23.2 Å². The molecule has 46 heavy (non-hydrogen) atoms. The van der Waals surface area contributed by atoms with Crippen molar-refractivity contribution in [3.8, 4) is 23.1 Å². The fourth-order valence-corrected chi connectivity index (χ4v) is 5.38. The molecule has 4 aromatic rings. The smallest absolute Gasteiger partial charge is 0.252 e. The lowest BCUT2D eigenvalue weighted by Gasteiger charge is -2.28. The van der Waals surface area contributed by atoms with Crippen molar-refractivity contribution in [3.05, 3.63) is 71.1 Å². The number of hydrogen-bond acceptors (Lipinski definition) is 9. The van der Waals surface area contributed by atoms with Gasteiger partial charge in [0, 0.05) is 49.5 Å². The summed E-state index contributed by atoms with van der Waals surface area (Å²) in [6.45, 7) is 3.88. The van der Waals surface area contributed by atoms with Gasteiger partial charge in [0.2, 0.25) is 5.82 Å². The van der Waals surface area contributed by atoms with Gasteiger partial charge in [-0.05, 0) is 30.3 Å². The summed E-state index contributed by atoms with van der Waals surface area (Å²) in [6, 6.07) is 9.21. The Kier molecular flexibility index (Phi) is 11.8. The van der Waals surface area contributed by atoms with Crippen LogP contribution in [0.4, 0.5) is 20.3 Å². The van der Waals surface area contributed by atoms with E-state index in [0.29, 0.717) is 42.5 Å². The van der Waals surface area contributed by atoms with Crippen molar-refractivity contribution in [2.75, 3.05) is 58.4 Å². The number of nitrogens with zero attached hydrogens (tertiary/aromatic N) is 5. The lowest BCUT2D eigenvalue weighted by Crippen LogP contribution is -2.43. The highest BCUT2D eigenvalue weighted by Crippen LogP contribution is 2.32. The number of likely N-dealkylation sites (tertiary alicyclic amines) is 1. The number of carbonyl (C=O) groups is 2. The average Bonchev–Trinajstić information content (AvgIpc) is 3.67. The molecule has 12 nitrogen and oxygen atoms in total. The molecular formula is C31H32ClF2N7O5. The van der Waals surface area contributed by atoms with E-state index < -0.39 is 24.7 Å². The fourth-order valence-electron chi connectivity index (χ4n) is 5.11. The molecule has 0 unspecified atom stereocenters. The predicted molar refractivity (Wildman–Crippen MR) is 163 cm³/mol. The van der Waals surface area contributed by atoms with Gasteiger partial charge in [-0.25, -0.2) is 14.4 Å². The number of rotatable bonds is 12. The number of nitrogens with one attached hydrogen (secondary N) is 2. The second-order valence-electron chi connectivity index (χ2n) is 10.6. The molecule has 1 aliphatic heterocycles. The minimum absolute atomic E-state index is 0.0440. The van der Waals surface area contributed by atoms with Crippen molar-refractivity contribution in [1.82, 2.24) is 19.7 Å². The molecule has 1 aliphatic rings. The quantitative estimate of drug-likeness (QED) is 0.133. The van der Waals surface area contributed by atoms with Crippen LogP contribution < -0.4 is 20.5 Å². The summed E-state index contributed by atoms with van der Waals surface area (Å²) >= 11 is 6.44. The number of ether oxygens (including phenoxy) is 2. The van der Waals surface area contributed by atoms with Crippen LogP contribution in [0.5, 0.6) is 5.75 Å². The Bertz CT molecular complexity index is 1720. The molecule has 15 heteroatoms. The van der Waals surface area contributed by atoms with Crippen LogP contribution in [0.25, 0.3) is 16.9 Å². The monoisotopic (exact) mass is 655 g/mol. The van der Waals surface area contributed by atoms with E-state index in [-0.39, 0.29) is 27.9 Å². The number of benzene rings is 2. The first-order valence-corrected chi connectivity index (χ1v) is 14.7. The first-order chi connectivity index (χ1) is 22.2. The van der Waals surface area contributed by atoms with Crippen LogP contribution in [0.15, 0.2) is 48.9 Å². The highest BCUT2D eigenvalue weighted by atomic mass is 35.5. The van der Waals surface area contributed by atoms with Crippen molar-refractivity contribution in [2.45, 2.75) is 12.8 Å². The van der Waals surface area contributed by atoms with E-state index >= 15 is 0 Å². The van der Waals surface area contributed by atoms with E-state index in [1.807, 2.05) is 0 Å². The predicted octanol–water partition coefficient (Wildman–Crippen LogP) is 3.33. The number of quaternary nitrogens is 1. The third-order valence-corrected chi connectivity index (χ3v) is 7.79. The molecule has 1 fully saturated rings. The molecule has 1 saturated heterocycles. The molecule has 0 bridgehead atoms. The van der Waals surface area contributed by atoms with Crippen LogP contribution in [-0.4, -0.2) is 84.3 Å². The van der Waals surface area contributed by atoms with Crippen LogP contribution in [0, 0.1) is 23.0 Å². The number of amides is 1. The van der Waals surface area contributed by atoms with Gasteiger partial charge in [0.05, 0.1) is 55.8 Å². The molecule has 2 aromatic carbocycles. The van der Waals surface area contributed by atoms with E-state index in [1.165, 1.54) is 50.5 Å². The maximum absolute atomic E-state index is 14.9. The zero-order valence-electron chi connectivity index (χ0n) is 25.0. The second kappa shape index (κ2) is 15.9. The number of carboxylic acid groups (broad SMARTS) is 1. The normalized spacial score (nSPS) is 13.4. The number of aromatic nitrogens is 3. The number of fused-ring (bicyclic) bond motifs is 1. The van der Waals surface area contributed by atoms with E-state index in [9.17, 15) is 13.6 Å². The van der Waals surface area contributed by atoms with Crippen molar-refractivity contribution in [3.63, 3.8) is 0 Å². The number of nitriles is 1. The first kappa shape index (κ1) is 34.0. The zero-order valence-corrected chi connectivity index (χ0v) is 25.7. The Balaban J connectivity index is 0.00000154. The first-order valence-electron chi connectivity index (χ1n) is 14.3. The summed E-state index contributed by atoms with van der Waals surface area (Å²) in [5.74, 6) is -2.66. The number of halogens is 3.